The molecule has 2 aromatic carbocycles. The lowest BCUT2D eigenvalue weighted by Gasteiger charge is -2.19. The molecule has 2 atom stereocenters. The molecule has 0 bridgehead atoms. The predicted molar refractivity (Wildman–Crippen MR) is 122 cm³/mol. The van der Waals surface area contributed by atoms with Crippen molar-refractivity contribution in [1.29, 1.82) is 0 Å². The van der Waals surface area contributed by atoms with Gasteiger partial charge in [-0.15, -0.1) is 0 Å². The number of phenolic OH excluding ortho intramolecular Hbond substituents is 2. The number of phenols is 2. The van der Waals surface area contributed by atoms with Crippen molar-refractivity contribution < 1.29 is 58.6 Å². The Kier molecular flexibility index (Phi) is 9.43. The molecule has 0 aliphatic carbocycles. The summed E-state index contributed by atoms with van der Waals surface area (Å²) in [7, 11) is 2.64. The summed E-state index contributed by atoms with van der Waals surface area (Å²) >= 11 is 0. The normalized spacial score (nSPS) is 12.6. The molecule has 0 heterocycles. The van der Waals surface area contributed by atoms with Crippen molar-refractivity contribution in [2.24, 2.45) is 0 Å². The van der Waals surface area contributed by atoms with E-state index in [9.17, 15) is 39.6 Å². The molecule has 2 rings (SSSR count). The number of aromatic hydroxyl groups is 2. The van der Waals surface area contributed by atoms with Gasteiger partial charge in [0.1, 0.15) is 0 Å². The van der Waals surface area contributed by atoms with E-state index in [2.05, 4.69) is 0 Å². The largest absolute Gasteiger partial charge is 0.504 e. The standard InChI is InChI=1S/C24H22O12/c1-33-17-11-13(3-7-15(17)25)5-9-19(27)35-21(23(29)30)22(24(31)32)36-20(28)10-6-14-4-8-16(26)18(12-14)34-2/h3-12,21-22,25-26H,1-2H3,(H,29,30)(H,31,32)/b9-5+,10-6+/t21-,22-/m1/s1. The number of esters is 2. The van der Waals surface area contributed by atoms with Gasteiger partial charge < -0.3 is 39.4 Å². The molecule has 190 valence electrons. The fourth-order valence-corrected chi connectivity index (χ4v) is 2.74. The first-order chi connectivity index (χ1) is 17.0. The zero-order chi connectivity index (χ0) is 26.8. The maximum absolute atomic E-state index is 12.1. The highest BCUT2D eigenvalue weighted by molar-refractivity contribution is 5.93. The van der Waals surface area contributed by atoms with Crippen LogP contribution in [-0.4, -0.2) is 70.7 Å². The summed E-state index contributed by atoms with van der Waals surface area (Å²) in [6, 6.07) is 8.21. The van der Waals surface area contributed by atoms with Gasteiger partial charge in [0.15, 0.2) is 23.0 Å². The Labute approximate surface area is 204 Å². The van der Waals surface area contributed by atoms with E-state index in [0.29, 0.717) is 11.1 Å². The van der Waals surface area contributed by atoms with Crippen molar-refractivity contribution in [2.45, 2.75) is 12.2 Å². The quantitative estimate of drug-likeness (QED) is 0.258. The van der Waals surface area contributed by atoms with Crippen molar-refractivity contribution in [3.8, 4) is 23.0 Å². The fourth-order valence-electron chi connectivity index (χ4n) is 2.74. The molecule has 0 unspecified atom stereocenters. The SMILES string of the molecule is COc1cc(/C=C/C(=O)O[C@@H](C(=O)O)[C@@H](OC(=O)/C=C/c2ccc(O)c(OC)c2)C(=O)O)ccc1O. The molecule has 2 aromatic rings. The minimum Gasteiger partial charge on any atom is -0.504 e. The molecular weight excluding hydrogens is 480 g/mol. The van der Waals surface area contributed by atoms with E-state index < -0.39 is 36.1 Å². The number of carboxylic acids is 2. The summed E-state index contributed by atoms with van der Waals surface area (Å²) in [6.07, 6.45) is -0.666. The number of hydrogen-bond donors (Lipinski definition) is 4. The first kappa shape index (κ1) is 27.2. The van der Waals surface area contributed by atoms with Crippen molar-refractivity contribution in [2.75, 3.05) is 14.2 Å². The highest BCUT2D eigenvalue weighted by Crippen LogP contribution is 2.27. The summed E-state index contributed by atoms with van der Waals surface area (Å²) in [5, 5.41) is 37.9. The Hall–Kier alpha value is -5.00. The molecule has 0 amide bonds. The second-order valence-corrected chi connectivity index (χ2v) is 6.92. The molecule has 0 aliphatic rings. The van der Waals surface area contributed by atoms with Crippen LogP contribution in [0.2, 0.25) is 0 Å². The molecule has 0 saturated carbocycles. The molecule has 0 saturated heterocycles. The van der Waals surface area contributed by atoms with Gasteiger partial charge in [0.05, 0.1) is 14.2 Å². The number of benzene rings is 2. The topological polar surface area (TPSA) is 186 Å². The molecule has 0 radical (unpaired) electrons. The Morgan fingerprint density at radius 3 is 1.36 bits per heavy atom. The molecule has 0 aromatic heterocycles. The highest BCUT2D eigenvalue weighted by atomic mass is 16.6. The first-order valence-corrected chi connectivity index (χ1v) is 10.0. The van der Waals surface area contributed by atoms with E-state index in [4.69, 9.17) is 18.9 Å². The van der Waals surface area contributed by atoms with Crippen LogP contribution in [0.3, 0.4) is 0 Å². The fraction of sp³-hybridized carbons (Fsp3) is 0.167. The Morgan fingerprint density at radius 2 is 1.06 bits per heavy atom. The zero-order valence-electron chi connectivity index (χ0n) is 19.0. The number of carbonyl (C=O) groups excluding carboxylic acids is 2. The van der Waals surface area contributed by atoms with Crippen molar-refractivity contribution in [1.82, 2.24) is 0 Å². The van der Waals surface area contributed by atoms with Crippen LogP contribution in [0.25, 0.3) is 12.2 Å². The number of aliphatic carboxylic acids is 2. The van der Waals surface area contributed by atoms with Crippen LogP contribution in [0.1, 0.15) is 11.1 Å². The maximum atomic E-state index is 12.1. The summed E-state index contributed by atoms with van der Waals surface area (Å²) < 4.78 is 19.3. The third-order valence-electron chi connectivity index (χ3n) is 4.48. The van der Waals surface area contributed by atoms with Gasteiger partial charge in [-0.05, 0) is 47.5 Å². The molecule has 12 nitrogen and oxygen atoms in total. The predicted octanol–water partition coefficient (Wildman–Crippen LogP) is 1.83. The highest BCUT2D eigenvalue weighted by Gasteiger charge is 2.40. The van der Waals surface area contributed by atoms with Gasteiger partial charge in [-0.3, -0.25) is 0 Å². The van der Waals surface area contributed by atoms with Crippen LogP contribution >= 0.6 is 0 Å². The lowest BCUT2D eigenvalue weighted by molar-refractivity contribution is -0.183. The summed E-state index contributed by atoms with van der Waals surface area (Å²) in [4.78, 5) is 47.4. The number of rotatable bonds is 11. The van der Waals surface area contributed by atoms with Gasteiger partial charge >= 0.3 is 23.9 Å². The molecule has 36 heavy (non-hydrogen) atoms. The lowest BCUT2D eigenvalue weighted by Crippen LogP contribution is -2.45. The Bertz CT molecular complexity index is 1100. The Morgan fingerprint density at radius 1 is 0.694 bits per heavy atom. The summed E-state index contributed by atoms with van der Waals surface area (Å²) in [6.45, 7) is 0. The maximum Gasteiger partial charge on any atom is 0.349 e. The average molecular weight is 502 g/mol. The Balaban J connectivity index is 2.12. The van der Waals surface area contributed by atoms with Crippen LogP contribution in [0.4, 0.5) is 0 Å². The van der Waals surface area contributed by atoms with Crippen LogP contribution in [0, 0.1) is 0 Å². The number of hydrogen-bond acceptors (Lipinski definition) is 10. The van der Waals surface area contributed by atoms with Crippen LogP contribution < -0.4 is 9.47 Å². The minimum absolute atomic E-state index is 0.116. The third kappa shape index (κ3) is 7.52. The number of carbonyl (C=O) groups is 4. The number of carboxylic acid groups (broad SMARTS) is 2. The molecule has 0 spiro atoms. The van der Waals surface area contributed by atoms with Gasteiger partial charge in [-0.25, -0.2) is 19.2 Å². The van der Waals surface area contributed by atoms with Crippen molar-refractivity contribution >= 4 is 36.0 Å². The van der Waals surface area contributed by atoms with E-state index in [1.807, 2.05) is 0 Å². The minimum atomic E-state index is -2.36. The smallest absolute Gasteiger partial charge is 0.349 e. The van der Waals surface area contributed by atoms with E-state index in [1.165, 1.54) is 62.8 Å². The number of ether oxygens (including phenoxy) is 4. The summed E-state index contributed by atoms with van der Waals surface area (Å²) in [5.74, 6) is -6.25. The molecule has 12 heteroatoms. The van der Waals surface area contributed by atoms with Crippen molar-refractivity contribution in [3.05, 3.63) is 59.7 Å². The van der Waals surface area contributed by atoms with Crippen LogP contribution in [0.5, 0.6) is 23.0 Å². The molecule has 4 N–H and O–H groups in total. The van der Waals surface area contributed by atoms with Gasteiger partial charge in [0, 0.05) is 12.2 Å². The third-order valence-corrected chi connectivity index (χ3v) is 4.48. The molecule has 0 aliphatic heterocycles. The van der Waals surface area contributed by atoms with E-state index in [0.717, 1.165) is 12.2 Å². The van der Waals surface area contributed by atoms with Gasteiger partial charge in [-0.2, -0.15) is 0 Å². The lowest BCUT2D eigenvalue weighted by atomic mass is 10.1. The summed E-state index contributed by atoms with van der Waals surface area (Å²) in [5.41, 5.74) is 0.761. The van der Waals surface area contributed by atoms with Gasteiger partial charge in [-0.1, -0.05) is 12.1 Å². The average Bonchev–Trinajstić information content (AvgIpc) is 2.84. The van der Waals surface area contributed by atoms with Gasteiger partial charge in [0.25, 0.3) is 0 Å². The van der Waals surface area contributed by atoms with E-state index in [1.54, 1.807) is 0 Å². The monoisotopic (exact) mass is 502 g/mol. The van der Waals surface area contributed by atoms with E-state index in [-0.39, 0.29) is 23.0 Å². The molecule has 0 fully saturated rings. The zero-order valence-corrected chi connectivity index (χ0v) is 19.0. The van der Waals surface area contributed by atoms with Gasteiger partial charge in [0.2, 0.25) is 12.2 Å². The van der Waals surface area contributed by atoms with E-state index >= 15 is 0 Å². The molecular formula is C24H22O12. The number of methoxy groups -OCH3 is 2. The second kappa shape index (κ2) is 12.5. The van der Waals surface area contributed by atoms with Crippen LogP contribution in [0.15, 0.2) is 48.6 Å². The first-order valence-electron chi connectivity index (χ1n) is 10.0. The van der Waals surface area contributed by atoms with Crippen LogP contribution in [-0.2, 0) is 28.7 Å². The second-order valence-electron chi connectivity index (χ2n) is 6.92. The van der Waals surface area contributed by atoms with Crippen molar-refractivity contribution in [3.63, 3.8) is 0 Å².